The van der Waals surface area contributed by atoms with Gasteiger partial charge in [-0.1, -0.05) is 29.8 Å². The van der Waals surface area contributed by atoms with E-state index in [0.717, 1.165) is 18.8 Å². The van der Waals surface area contributed by atoms with E-state index in [1.165, 1.54) is 11.3 Å². The fraction of sp³-hybridized carbons (Fsp3) is 0.294. The maximum atomic E-state index is 12.6. The highest BCUT2D eigenvalue weighted by molar-refractivity contribution is 6.30. The van der Waals surface area contributed by atoms with Crippen LogP contribution in [-0.4, -0.2) is 35.9 Å². The van der Waals surface area contributed by atoms with E-state index < -0.39 is 0 Å². The lowest BCUT2D eigenvalue weighted by Crippen LogP contribution is -2.35. The predicted octanol–water partition coefficient (Wildman–Crippen LogP) is 2.76. The summed E-state index contributed by atoms with van der Waals surface area (Å²) in [7, 11) is 2.06. The topological polar surface area (TPSA) is 36.4 Å². The van der Waals surface area contributed by atoms with Crippen molar-refractivity contribution in [2.45, 2.75) is 13.0 Å². The molecule has 0 saturated heterocycles. The normalized spacial score (nSPS) is 14.5. The molecular weight excluding hydrogens is 298 g/mol. The van der Waals surface area contributed by atoms with Crippen LogP contribution in [0.5, 0.6) is 0 Å². The van der Waals surface area contributed by atoms with Crippen LogP contribution in [0.2, 0.25) is 5.02 Å². The average molecular weight is 316 g/mol. The van der Waals surface area contributed by atoms with Gasteiger partial charge < -0.3 is 9.80 Å². The van der Waals surface area contributed by atoms with Gasteiger partial charge in [-0.3, -0.25) is 9.78 Å². The van der Waals surface area contributed by atoms with E-state index in [4.69, 9.17) is 11.6 Å². The Labute approximate surface area is 135 Å². The molecule has 0 radical (unpaired) electrons. The number of para-hydroxylation sites is 1. The Morgan fingerprint density at radius 1 is 1.23 bits per heavy atom. The van der Waals surface area contributed by atoms with Crippen molar-refractivity contribution < 1.29 is 4.79 Å². The van der Waals surface area contributed by atoms with Gasteiger partial charge >= 0.3 is 0 Å². The molecule has 1 aliphatic heterocycles. The first-order valence-electron chi connectivity index (χ1n) is 7.31. The third-order valence-corrected chi connectivity index (χ3v) is 4.17. The monoisotopic (exact) mass is 315 g/mol. The van der Waals surface area contributed by atoms with Crippen molar-refractivity contribution in [1.82, 2.24) is 9.88 Å². The maximum Gasteiger partial charge on any atom is 0.228 e. The highest BCUT2D eigenvalue weighted by atomic mass is 35.5. The van der Waals surface area contributed by atoms with Gasteiger partial charge in [0.15, 0.2) is 0 Å². The van der Waals surface area contributed by atoms with Gasteiger partial charge in [0.2, 0.25) is 5.91 Å². The lowest BCUT2D eigenvalue weighted by atomic mass is 10.1. The summed E-state index contributed by atoms with van der Waals surface area (Å²) in [6, 6.07) is 11.8. The summed E-state index contributed by atoms with van der Waals surface area (Å²) in [5, 5.41) is 0.585. The van der Waals surface area contributed by atoms with Crippen molar-refractivity contribution in [3.63, 3.8) is 0 Å². The van der Waals surface area contributed by atoms with Crippen LogP contribution in [0, 0.1) is 0 Å². The number of likely N-dealkylation sites (N-methyl/N-ethyl adjacent to an activating group) is 1. The number of pyridine rings is 1. The minimum atomic E-state index is 0.0972. The van der Waals surface area contributed by atoms with Crippen LogP contribution >= 0.6 is 11.6 Å². The van der Waals surface area contributed by atoms with Crippen molar-refractivity contribution in [1.29, 1.82) is 0 Å². The second-order valence-corrected chi connectivity index (χ2v) is 5.95. The summed E-state index contributed by atoms with van der Waals surface area (Å²) in [6.45, 7) is 2.20. The minimum absolute atomic E-state index is 0.0972. The summed E-state index contributed by atoms with van der Waals surface area (Å²) in [5.41, 5.74) is 3.13. The Morgan fingerprint density at radius 2 is 2.05 bits per heavy atom. The van der Waals surface area contributed by atoms with E-state index in [1.54, 1.807) is 18.3 Å². The number of fused-ring (bicyclic) bond motifs is 1. The molecule has 0 spiro atoms. The van der Waals surface area contributed by atoms with Crippen molar-refractivity contribution in [3.8, 4) is 0 Å². The first-order chi connectivity index (χ1) is 10.6. The average Bonchev–Trinajstić information content (AvgIpc) is 2.69. The zero-order valence-electron chi connectivity index (χ0n) is 12.5. The van der Waals surface area contributed by atoms with Gasteiger partial charge in [0.05, 0.1) is 11.4 Å². The number of amides is 1. The number of aromatic nitrogens is 1. The Balaban J connectivity index is 1.75. The van der Waals surface area contributed by atoms with Crippen molar-refractivity contribution >= 4 is 23.2 Å². The molecule has 2 aromatic rings. The van der Waals surface area contributed by atoms with E-state index in [-0.39, 0.29) is 5.91 Å². The number of anilines is 1. The van der Waals surface area contributed by atoms with Gasteiger partial charge in [0.1, 0.15) is 0 Å². The molecule has 1 aromatic heterocycles. The highest BCUT2D eigenvalue weighted by Gasteiger charge is 2.21. The number of carbonyl (C=O) groups excluding carboxylic acids is 1. The Hall–Kier alpha value is -2.07. The first kappa shape index (κ1) is 14.9. The molecule has 0 atom stereocenters. The number of benzene rings is 1. The van der Waals surface area contributed by atoms with Crippen LogP contribution in [0.3, 0.4) is 0 Å². The molecule has 0 fully saturated rings. The highest BCUT2D eigenvalue weighted by Crippen LogP contribution is 2.23. The lowest BCUT2D eigenvalue weighted by molar-refractivity contribution is -0.130. The van der Waals surface area contributed by atoms with Gasteiger partial charge in [-0.05, 0) is 23.8 Å². The zero-order chi connectivity index (χ0) is 15.5. The Morgan fingerprint density at radius 3 is 2.82 bits per heavy atom. The zero-order valence-corrected chi connectivity index (χ0v) is 13.3. The third kappa shape index (κ3) is 3.22. The molecule has 0 N–H and O–H groups in total. The van der Waals surface area contributed by atoms with Crippen LogP contribution in [0.4, 0.5) is 5.69 Å². The summed E-state index contributed by atoms with van der Waals surface area (Å²) in [6.07, 6.45) is 1.89. The quantitative estimate of drug-likeness (QED) is 0.855. The SMILES string of the molecule is CN1CCN(C(=O)Cc2ccc(Cl)cn2)Cc2ccccc21. The van der Waals surface area contributed by atoms with Crippen LogP contribution in [0.25, 0.3) is 0 Å². The molecule has 22 heavy (non-hydrogen) atoms. The molecule has 1 aromatic carbocycles. The standard InChI is InChI=1S/C17H18ClN3O/c1-20-8-9-21(12-13-4-2-3-5-16(13)20)17(22)10-15-7-6-14(18)11-19-15/h2-7,11H,8-10,12H2,1H3. The molecule has 1 amide bonds. The molecule has 2 heterocycles. The van der Waals surface area contributed by atoms with E-state index in [2.05, 4.69) is 29.1 Å². The van der Waals surface area contributed by atoms with Crippen molar-refractivity contribution in [2.75, 3.05) is 25.0 Å². The first-order valence-corrected chi connectivity index (χ1v) is 7.68. The van der Waals surface area contributed by atoms with E-state index in [0.29, 0.717) is 18.0 Å². The van der Waals surface area contributed by atoms with Crippen LogP contribution in [-0.2, 0) is 17.8 Å². The Kier molecular flexibility index (Phi) is 4.29. The predicted molar refractivity (Wildman–Crippen MR) is 88.1 cm³/mol. The number of halogens is 1. The molecule has 1 aliphatic rings. The summed E-state index contributed by atoms with van der Waals surface area (Å²) >= 11 is 5.83. The van der Waals surface area contributed by atoms with E-state index >= 15 is 0 Å². The summed E-state index contributed by atoms with van der Waals surface area (Å²) in [4.78, 5) is 20.9. The van der Waals surface area contributed by atoms with Gasteiger partial charge in [-0.2, -0.15) is 0 Å². The van der Waals surface area contributed by atoms with Crippen LogP contribution < -0.4 is 4.90 Å². The molecule has 4 nitrogen and oxygen atoms in total. The number of hydrogen-bond donors (Lipinski definition) is 0. The molecule has 0 saturated carbocycles. The number of carbonyl (C=O) groups is 1. The van der Waals surface area contributed by atoms with Crippen molar-refractivity contribution in [3.05, 3.63) is 58.9 Å². The molecule has 114 valence electrons. The van der Waals surface area contributed by atoms with Crippen LogP contribution in [0.1, 0.15) is 11.3 Å². The third-order valence-electron chi connectivity index (χ3n) is 3.94. The van der Waals surface area contributed by atoms with E-state index in [9.17, 15) is 4.79 Å². The Bertz CT molecular complexity index is 672. The maximum absolute atomic E-state index is 12.6. The van der Waals surface area contributed by atoms with Gasteiger partial charge in [-0.25, -0.2) is 0 Å². The van der Waals surface area contributed by atoms with Crippen LogP contribution in [0.15, 0.2) is 42.6 Å². The smallest absolute Gasteiger partial charge is 0.228 e. The molecule has 3 rings (SSSR count). The molecule has 0 bridgehead atoms. The van der Waals surface area contributed by atoms with Crippen molar-refractivity contribution in [2.24, 2.45) is 0 Å². The largest absolute Gasteiger partial charge is 0.373 e. The molecule has 0 unspecified atom stereocenters. The van der Waals surface area contributed by atoms with Gasteiger partial charge in [0, 0.05) is 44.3 Å². The molecule has 0 aliphatic carbocycles. The number of hydrogen-bond acceptors (Lipinski definition) is 3. The summed E-state index contributed by atoms with van der Waals surface area (Å²) < 4.78 is 0. The lowest BCUT2D eigenvalue weighted by Gasteiger charge is -2.21. The van der Waals surface area contributed by atoms with E-state index in [1.807, 2.05) is 17.0 Å². The van der Waals surface area contributed by atoms with Gasteiger partial charge in [0.25, 0.3) is 0 Å². The number of rotatable bonds is 2. The number of nitrogens with zero attached hydrogens (tertiary/aromatic N) is 3. The summed E-state index contributed by atoms with van der Waals surface area (Å²) in [5.74, 6) is 0.0972. The minimum Gasteiger partial charge on any atom is -0.373 e. The van der Waals surface area contributed by atoms with Gasteiger partial charge in [-0.15, -0.1) is 0 Å². The second kappa shape index (κ2) is 6.36. The second-order valence-electron chi connectivity index (χ2n) is 5.51. The molecule has 5 heteroatoms. The fourth-order valence-corrected chi connectivity index (χ4v) is 2.80. The molecular formula is C17H18ClN3O. The fourth-order valence-electron chi connectivity index (χ4n) is 2.68.